The smallest absolute Gasteiger partial charge is 0.280 e. The number of nitrogens with zero attached hydrogens (tertiary/aromatic N) is 1. The highest BCUT2D eigenvalue weighted by Crippen LogP contribution is 2.30. The molecule has 6 nitrogen and oxygen atoms in total. The summed E-state index contributed by atoms with van der Waals surface area (Å²) in [5.74, 6) is 1.19. The van der Waals surface area contributed by atoms with E-state index >= 15 is 0 Å². The van der Waals surface area contributed by atoms with Crippen molar-refractivity contribution >= 4 is 5.69 Å². The van der Waals surface area contributed by atoms with Gasteiger partial charge in [-0.05, 0) is 31.2 Å². The average Bonchev–Trinajstić information content (AvgIpc) is 2.92. The number of aliphatic hydroxyl groups is 1. The maximum absolute atomic E-state index is 11.0. The van der Waals surface area contributed by atoms with E-state index in [0.717, 1.165) is 0 Å². The zero-order valence-corrected chi connectivity index (χ0v) is 10.9. The fraction of sp³-hybridized carbons (Fsp3) is 0.286. The van der Waals surface area contributed by atoms with E-state index in [1.807, 2.05) is 0 Å². The molecule has 0 amide bonds. The van der Waals surface area contributed by atoms with Crippen LogP contribution < -0.4 is 5.32 Å². The van der Waals surface area contributed by atoms with Crippen molar-refractivity contribution < 1.29 is 14.4 Å². The summed E-state index contributed by atoms with van der Waals surface area (Å²) >= 11 is 0. The first kappa shape index (κ1) is 14.2. The quantitative estimate of drug-likeness (QED) is 0.460. The number of nitrogens with one attached hydrogen (secondary N) is 1. The maximum Gasteiger partial charge on any atom is 0.280 e. The van der Waals surface area contributed by atoms with Crippen molar-refractivity contribution in [1.29, 1.82) is 0 Å². The molecule has 0 spiro atoms. The van der Waals surface area contributed by atoms with Crippen LogP contribution in [0.2, 0.25) is 0 Å². The lowest BCUT2D eigenvalue weighted by Crippen LogP contribution is -2.15. The number of para-hydroxylation sites is 1. The fourth-order valence-electron chi connectivity index (χ4n) is 1.87. The molecule has 0 saturated heterocycles. The Morgan fingerprint density at radius 3 is 2.80 bits per heavy atom. The van der Waals surface area contributed by atoms with Gasteiger partial charge in [-0.25, -0.2) is 0 Å². The lowest BCUT2D eigenvalue weighted by molar-refractivity contribution is -0.384. The van der Waals surface area contributed by atoms with Gasteiger partial charge in [0.2, 0.25) is 0 Å². The van der Waals surface area contributed by atoms with Crippen molar-refractivity contribution in [2.24, 2.45) is 0 Å². The predicted octanol–water partition coefficient (Wildman–Crippen LogP) is 2.33. The third-order valence-corrected chi connectivity index (χ3v) is 2.84. The highest BCUT2D eigenvalue weighted by Gasteiger charge is 2.16. The van der Waals surface area contributed by atoms with Crippen LogP contribution >= 0.6 is 0 Å². The van der Waals surface area contributed by atoms with Crippen LogP contribution in [0, 0.1) is 10.1 Å². The van der Waals surface area contributed by atoms with Gasteiger partial charge in [-0.15, -0.1) is 0 Å². The SMILES string of the molecule is O=[N+]([O-])c1ccccc1-c1ccc(CNCCCO)o1. The minimum absolute atomic E-state index is 0.0293. The Labute approximate surface area is 116 Å². The van der Waals surface area contributed by atoms with Gasteiger partial charge in [-0.3, -0.25) is 10.1 Å². The van der Waals surface area contributed by atoms with Crippen LogP contribution in [0.3, 0.4) is 0 Å². The molecular weight excluding hydrogens is 260 g/mol. The monoisotopic (exact) mass is 276 g/mol. The van der Waals surface area contributed by atoms with Crippen LogP contribution in [0.4, 0.5) is 5.69 Å². The molecule has 106 valence electrons. The number of hydrogen-bond donors (Lipinski definition) is 2. The first-order chi connectivity index (χ1) is 9.72. The number of nitro groups is 1. The van der Waals surface area contributed by atoms with Crippen molar-refractivity contribution in [2.75, 3.05) is 13.2 Å². The molecule has 0 bridgehead atoms. The van der Waals surface area contributed by atoms with E-state index in [9.17, 15) is 10.1 Å². The molecule has 0 aliphatic carbocycles. The summed E-state index contributed by atoms with van der Waals surface area (Å²) in [4.78, 5) is 10.6. The van der Waals surface area contributed by atoms with Gasteiger partial charge in [0.1, 0.15) is 11.5 Å². The number of furan rings is 1. The molecule has 6 heteroatoms. The molecule has 1 aromatic carbocycles. The summed E-state index contributed by atoms with van der Waals surface area (Å²) in [5, 5.41) is 22.8. The van der Waals surface area contributed by atoms with Crippen LogP contribution in [0.5, 0.6) is 0 Å². The van der Waals surface area contributed by atoms with Crippen LogP contribution in [0.25, 0.3) is 11.3 Å². The number of aliphatic hydroxyl groups excluding tert-OH is 1. The summed E-state index contributed by atoms with van der Waals surface area (Å²) in [6.45, 7) is 1.37. The van der Waals surface area contributed by atoms with Gasteiger partial charge < -0.3 is 14.8 Å². The molecule has 1 heterocycles. The lowest BCUT2D eigenvalue weighted by Gasteiger charge is -2.01. The molecule has 0 aliphatic rings. The Hall–Kier alpha value is -2.18. The van der Waals surface area contributed by atoms with Gasteiger partial charge in [-0.2, -0.15) is 0 Å². The Morgan fingerprint density at radius 2 is 2.05 bits per heavy atom. The summed E-state index contributed by atoms with van der Waals surface area (Å²) in [6.07, 6.45) is 0.678. The van der Waals surface area contributed by atoms with E-state index in [4.69, 9.17) is 9.52 Å². The van der Waals surface area contributed by atoms with Crippen molar-refractivity contribution in [3.05, 3.63) is 52.3 Å². The molecule has 2 N–H and O–H groups in total. The summed E-state index contributed by atoms with van der Waals surface area (Å²) in [5.41, 5.74) is 0.501. The summed E-state index contributed by atoms with van der Waals surface area (Å²) in [6, 6.07) is 10.0. The van der Waals surface area contributed by atoms with Crippen molar-refractivity contribution in [2.45, 2.75) is 13.0 Å². The Morgan fingerprint density at radius 1 is 1.25 bits per heavy atom. The Kier molecular flexibility index (Phi) is 4.86. The van der Waals surface area contributed by atoms with E-state index in [0.29, 0.717) is 36.6 Å². The maximum atomic E-state index is 11.0. The normalized spacial score (nSPS) is 10.7. The third-order valence-electron chi connectivity index (χ3n) is 2.84. The van der Waals surface area contributed by atoms with Gasteiger partial charge in [0.05, 0.1) is 17.0 Å². The first-order valence-electron chi connectivity index (χ1n) is 6.36. The molecule has 2 aromatic rings. The lowest BCUT2D eigenvalue weighted by atomic mass is 10.1. The van der Waals surface area contributed by atoms with E-state index < -0.39 is 4.92 Å². The third kappa shape index (κ3) is 3.43. The minimum atomic E-state index is -0.420. The molecule has 0 fully saturated rings. The van der Waals surface area contributed by atoms with E-state index in [1.54, 1.807) is 30.3 Å². The fourth-order valence-corrected chi connectivity index (χ4v) is 1.87. The molecule has 2 rings (SSSR count). The van der Waals surface area contributed by atoms with Crippen LogP contribution in [-0.4, -0.2) is 23.2 Å². The highest BCUT2D eigenvalue weighted by molar-refractivity contribution is 5.69. The summed E-state index contributed by atoms with van der Waals surface area (Å²) < 4.78 is 5.61. The molecule has 0 atom stereocenters. The van der Waals surface area contributed by atoms with E-state index in [2.05, 4.69) is 5.32 Å². The van der Waals surface area contributed by atoms with Gasteiger partial charge in [0.15, 0.2) is 0 Å². The molecule has 0 saturated carbocycles. The van der Waals surface area contributed by atoms with Crippen LogP contribution in [0.15, 0.2) is 40.8 Å². The second-order valence-electron chi connectivity index (χ2n) is 4.29. The van der Waals surface area contributed by atoms with Crippen molar-refractivity contribution in [1.82, 2.24) is 5.32 Å². The molecule has 0 aliphatic heterocycles. The zero-order valence-electron chi connectivity index (χ0n) is 10.9. The van der Waals surface area contributed by atoms with Gasteiger partial charge in [0.25, 0.3) is 5.69 Å². The van der Waals surface area contributed by atoms with Gasteiger partial charge >= 0.3 is 0 Å². The second-order valence-corrected chi connectivity index (χ2v) is 4.29. The van der Waals surface area contributed by atoms with Crippen LogP contribution in [0.1, 0.15) is 12.2 Å². The largest absolute Gasteiger partial charge is 0.459 e. The van der Waals surface area contributed by atoms with Crippen molar-refractivity contribution in [3.63, 3.8) is 0 Å². The molecule has 20 heavy (non-hydrogen) atoms. The molecule has 1 aromatic heterocycles. The number of rotatable bonds is 7. The zero-order chi connectivity index (χ0) is 14.4. The molecule has 0 unspecified atom stereocenters. The van der Waals surface area contributed by atoms with E-state index in [-0.39, 0.29) is 12.3 Å². The number of nitro benzene ring substituents is 1. The van der Waals surface area contributed by atoms with Crippen molar-refractivity contribution in [3.8, 4) is 11.3 Å². The molecular formula is C14H16N2O4. The minimum Gasteiger partial charge on any atom is -0.459 e. The summed E-state index contributed by atoms with van der Waals surface area (Å²) in [7, 11) is 0. The van der Waals surface area contributed by atoms with Gasteiger partial charge in [0, 0.05) is 12.7 Å². The number of hydrogen-bond acceptors (Lipinski definition) is 5. The Balaban J connectivity index is 2.11. The predicted molar refractivity (Wildman–Crippen MR) is 74.2 cm³/mol. The Bertz CT molecular complexity index is 580. The number of benzene rings is 1. The highest BCUT2D eigenvalue weighted by atomic mass is 16.6. The first-order valence-corrected chi connectivity index (χ1v) is 6.36. The average molecular weight is 276 g/mol. The standard InChI is InChI=1S/C14H16N2O4/c17-9-3-8-15-10-11-6-7-14(20-11)12-4-1-2-5-13(12)16(18)19/h1-2,4-7,15,17H,3,8-10H2. The topological polar surface area (TPSA) is 88.5 Å². The molecule has 0 radical (unpaired) electrons. The second kappa shape index (κ2) is 6.83. The van der Waals surface area contributed by atoms with E-state index in [1.165, 1.54) is 6.07 Å². The van der Waals surface area contributed by atoms with Crippen LogP contribution in [-0.2, 0) is 6.54 Å². The van der Waals surface area contributed by atoms with Gasteiger partial charge in [-0.1, -0.05) is 12.1 Å².